The van der Waals surface area contributed by atoms with E-state index in [1.165, 1.54) is 24.3 Å². The fourth-order valence-electron chi connectivity index (χ4n) is 2.18. The average molecular weight is 276 g/mol. The van der Waals surface area contributed by atoms with Crippen LogP contribution in [0.3, 0.4) is 0 Å². The van der Waals surface area contributed by atoms with E-state index in [0.29, 0.717) is 6.42 Å². The molecule has 0 spiro atoms. The molecule has 0 aliphatic heterocycles. The van der Waals surface area contributed by atoms with Gasteiger partial charge in [-0.25, -0.2) is 8.78 Å². The minimum atomic E-state index is -0.890. The summed E-state index contributed by atoms with van der Waals surface area (Å²) in [4.78, 5) is 10.8. The molecule has 4 heteroatoms. The first-order valence-electron chi connectivity index (χ1n) is 6.29. The first kappa shape index (κ1) is 14.2. The van der Waals surface area contributed by atoms with E-state index in [9.17, 15) is 13.6 Å². The normalized spacial score (nSPS) is 10.8. The van der Waals surface area contributed by atoms with Crippen molar-refractivity contribution in [1.29, 1.82) is 0 Å². The molecule has 0 amide bonds. The van der Waals surface area contributed by atoms with Crippen LogP contribution in [0.15, 0.2) is 48.5 Å². The minimum Gasteiger partial charge on any atom is -0.481 e. The topological polar surface area (TPSA) is 37.3 Å². The zero-order valence-electron chi connectivity index (χ0n) is 10.7. The molecular weight excluding hydrogens is 262 g/mol. The number of benzene rings is 2. The number of carboxylic acids is 1. The van der Waals surface area contributed by atoms with Crippen molar-refractivity contribution in [1.82, 2.24) is 0 Å². The number of aliphatic carboxylic acids is 1. The van der Waals surface area contributed by atoms with Crippen molar-refractivity contribution in [2.24, 2.45) is 0 Å². The molecule has 104 valence electrons. The standard InChI is InChI=1S/C16H14F2O2/c17-13-5-1-11(2-6-13)15(9-10-16(19)20)12-3-7-14(18)8-4-12/h1-8,15H,9-10H2,(H,19,20). The number of hydrogen-bond donors (Lipinski definition) is 1. The van der Waals surface area contributed by atoms with Crippen molar-refractivity contribution < 1.29 is 18.7 Å². The van der Waals surface area contributed by atoms with Crippen molar-refractivity contribution in [3.63, 3.8) is 0 Å². The molecule has 2 aromatic rings. The molecule has 20 heavy (non-hydrogen) atoms. The predicted molar refractivity (Wildman–Crippen MR) is 71.5 cm³/mol. The van der Waals surface area contributed by atoms with Crippen LogP contribution >= 0.6 is 0 Å². The molecule has 0 radical (unpaired) electrons. The van der Waals surface area contributed by atoms with Gasteiger partial charge in [-0.05, 0) is 41.8 Å². The summed E-state index contributed by atoms with van der Waals surface area (Å²) in [6.45, 7) is 0. The third-order valence-corrected chi connectivity index (χ3v) is 3.19. The SMILES string of the molecule is O=C(O)CCC(c1ccc(F)cc1)c1ccc(F)cc1. The first-order chi connectivity index (χ1) is 9.56. The molecule has 0 heterocycles. The molecule has 2 nitrogen and oxygen atoms in total. The van der Waals surface area contributed by atoms with E-state index < -0.39 is 5.97 Å². The molecule has 0 bridgehead atoms. The highest BCUT2D eigenvalue weighted by atomic mass is 19.1. The zero-order chi connectivity index (χ0) is 14.5. The van der Waals surface area contributed by atoms with Crippen LogP contribution in [0.2, 0.25) is 0 Å². The summed E-state index contributed by atoms with van der Waals surface area (Å²) < 4.78 is 26.0. The highest BCUT2D eigenvalue weighted by Gasteiger charge is 2.16. The van der Waals surface area contributed by atoms with Crippen LogP contribution in [-0.4, -0.2) is 11.1 Å². The Kier molecular flexibility index (Phi) is 4.45. The minimum absolute atomic E-state index is 0.000576. The van der Waals surface area contributed by atoms with E-state index in [4.69, 9.17) is 5.11 Å². The van der Waals surface area contributed by atoms with Gasteiger partial charge in [0.2, 0.25) is 0 Å². The Balaban J connectivity index is 2.30. The third kappa shape index (κ3) is 3.63. The summed E-state index contributed by atoms with van der Waals surface area (Å²) in [6.07, 6.45) is 0.381. The van der Waals surface area contributed by atoms with Gasteiger partial charge in [0, 0.05) is 12.3 Å². The molecule has 0 atom stereocenters. The largest absolute Gasteiger partial charge is 0.481 e. The number of carboxylic acid groups (broad SMARTS) is 1. The Hall–Kier alpha value is -2.23. The summed E-state index contributed by atoms with van der Waals surface area (Å²) in [7, 11) is 0. The average Bonchev–Trinajstić information content (AvgIpc) is 2.42. The van der Waals surface area contributed by atoms with Crippen molar-refractivity contribution >= 4 is 5.97 Å². The lowest BCUT2D eigenvalue weighted by molar-refractivity contribution is -0.137. The molecule has 2 aromatic carbocycles. The van der Waals surface area contributed by atoms with E-state index in [1.54, 1.807) is 24.3 Å². The van der Waals surface area contributed by atoms with Crippen LogP contribution in [0, 0.1) is 11.6 Å². The van der Waals surface area contributed by atoms with Crippen LogP contribution in [0.5, 0.6) is 0 Å². The van der Waals surface area contributed by atoms with Gasteiger partial charge < -0.3 is 5.11 Å². The van der Waals surface area contributed by atoms with Crippen molar-refractivity contribution in [3.05, 3.63) is 71.3 Å². The highest BCUT2D eigenvalue weighted by molar-refractivity contribution is 5.66. The maximum absolute atomic E-state index is 13.0. The highest BCUT2D eigenvalue weighted by Crippen LogP contribution is 2.29. The number of hydrogen-bond acceptors (Lipinski definition) is 1. The Bertz CT molecular complexity index is 531. The quantitative estimate of drug-likeness (QED) is 0.897. The van der Waals surface area contributed by atoms with E-state index in [2.05, 4.69) is 0 Å². The molecule has 0 aliphatic carbocycles. The number of halogens is 2. The van der Waals surface area contributed by atoms with Crippen LogP contribution < -0.4 is 0 Å². The fourth-order valence-corrected chi connectivity index (χ4v) is 2.18. The monoisotopic (exact) mass is 276 g/mol. The van der Waals surface area contributed by atoms with Crippen molar-refractivity contribution in [2.75, 3.05) is 0 Å². The summed E-state index contributed by atoms with van der Waals surface area (Å²) in [5, 5.41) is 8.82. The van der Waals surface area contributed by atoms with Crippen LogP contribution in [0.25, 0.3) is 0 Å². The molecule has 0 fully saturated rings. The lowest BCUT2D eigenvalue weighted by Crippen LogP contribution is -2.05. The van der Waals surface area contributed by atoms with Gasteiger partial charge in [-0.3, -0.25) is 4.79 Å². The lowest BCUT2D eigenvalue weighted by atomic mass is 9.87. The van der Waals surface area contributed by atoms with Gasteiger partial charge in [-0.15, -0.1) is 0 Å². The van der Waals surface area contributed by atoms with Gasteiger partial charge in [0.1, 0.15) is 11.6 Å². The van der Waals surface area contributed by atoms with Crippen LogP contribution in [-0.2, 0) is 4.79 Å². The Morgan fingerprint density at radius 2 is 1.30 bits per heavy atom. The fraction of sp³-hybridized carbons (Fsp3) is 0.188. The number of rotatable bonds is 5. The molecule has 1 N–H and O–H groups in total. The van der Waals surface area contributed by atoms with E-state index in [-0.39, 0.29) is 24.0 Å². The van der Waals surface area contributed by atoms with Gasteiger partial charge >= 0.3 is 5.97 Å². The lowest BCUT2D eigenvalue weighted by Gasteiger charge is -2.17. The van der Waals surface area contributed by atoms with Gasteiger partial charge in [0.15, 0.2) is 0 Å². The summed E-state index contributed by atoms with van der Waals surface area (Å²) in [5.74, 6) is -1.76. The van der Waals surface area contributed by atoms with E-state index in [0.717, 1.165) is 11.1 Å². The van der Waals surface area contributed by atoms with Gasteiger partial charge in [0.05, 0.1) is 0 Å². The smallest absolute Gasteiger partial charge is 0.303 e. The molecule has 0 aromatic heterocycles. The number of carbonyl (C=O) groups is 1. The van der Waals surface area contributed by atoms with Gasteiger partial charge in [-0.1, -0.05) is 24.3 Å². The summed E-state index contributed by atoms with van der Waals surface area (Å²) in [5.41, 5.74) is 1.64. The second kappa shape index (κ2) is 6.28. The first-order valence-corrected chi connectivity index (χ1v) is 6.29. The second-order valence-corrected chi connectivity index (χ2v) is 4.59. The van der Waals surface area contributed by atoms with Crippen LogP contribution in [0.4, 0.5) is 8.78 Å². The molecule has 0 aliphatic rings. The van der Waals surface area contributed by atoms with Gasteiger partial charge in [-0.2, -0.15) is 0 Å². The van der Waals surface area contributed by atoms with Crippen molar-refractivity contribution in [3.8, 4) is 0 Å². The molecule has 0 saturated carbocycles. The van der Waals surface area contributed by atoms with E-state index >= 15 is 0 Å². The molecular formula is C16H14F2O2. The molecule has 2 rings (SSSR count). The van der Waals surface area contributed by atoms with Crippen LogP contribution in [0.1, 0.15) is 29.9 Å². The predicted octanol–water partition coefficient (Wildman–Crippen LogP) is 3.96. The second-order valence-electron chi connectivity index (χ2n) is 4.59. The van der Waals surface area contributed by atoms with Gasteiger partial charge in [0.25, 0.3) is 0 Å². The van der Waals surface area contributed by atoms with E-state index in [1.807, 2.05) is 0 Å². The zero-order valence-corrected chi connectivity index (χ0v) is 10.7. The maximum atomic E-state index is 13.0. The summed E-state index contributed by atoms with van der Waals surface area (Å²) in [6, 6.07) is 11.9. The Morgan fingerprint density at radius 1 is 0.900 bits per heavy atom. The Morgan fingerprint density at radius 3 is 1.65 bits per heavy atom. The maximum Gasteiger partial charge on any atom is 0.303 e. The van der Waals surface area contributed by atoms with Crippen molar-refractivity contribution in [2.45, 2.75) is 18.8 Å². The summed E-state index contributed by atoms with van der Waals surface area (Å²) >= 11 is 0. The Labute approximate surface area is 115 Å². The molecule has 0 unspecified atom stereocenters. The molecule has 0 saturated heterocycles. The third-order valence-electron chi connectivity index (χ3n) is 3.19.